The normalized spacial score (nSPS) is 32.1. The molecule has 0 aromatic heterocycles. The number of carbonyl (C=O) groups is 1. The van der Waals surface area contributed by atoms with Gasteiger partial charge in [-0.25, -0.2) is 0 Å². The molecule has 1 unspecified atom stereocenters. The molecule has 0 saturated carbocycles. The van der Waals surface area contributed by atoms with Gasteiger partial charge in [0.1, 0.15) is 12.7 Å². The Morgan fingerprint density at radius 2 is 1.77 bits per heavy atom. The van der Waals surface area contributed by atoms with Crippen molar-refractivity contribution >= 4 is 5.97 Å². The van der Waals surface area contributed by atoms with Gasteiger partial charge in [0, 0.05) is 6.42 Å². The van der Waals surface area contributed by atoms with Crippen LogP contribution < -0.4 is 0 Å². The smallest absolute Gasteiger partial charge is 0.306 e. The van der Waals surface area contributed by atoms with E-state index in [4.69, 9.17) is 18.9 Å². The van der Waals surface area contributed by atoms with E-state index in [1.807, 2.05) is 6.92 Å². The van der Waals surface area contributed by atoms with E-state index in [9.17, 15) is 15.0 Å². The molecule has 7 nitrogen and oxygen atoms in total. The summed E-state index contributed by atoms with van der Waals surface area (Å²) < 4.78 is 23.0. The zero-order chi connectivity index (χ0) is 21.8. The number of ether oxygens (including phenoxy) is 4. The fourth-order valence-electron chi connectivity index (χ4n) is 4.27. The molecule has 2 rings (SSSR count). The van der Waals surface area contributed by atoms with Gasteiger partial charge in [-0.05, 0) is 26.2 Å². The Labute approximate surface area is 181 Å². The summed E-state index contributed by atoms with van der Waals surface area (Å²) >= 11 is 0. The maximum Gasteiger partial charge on any atom is 0.306 e. The van der Waals surface area contributed by atoms with Crippen molar-refractivity contribution in [3.63, 3.8) is 0 Å². The zero-order valence-electron chi connectivity index (χ0n) is 18.9. The predicted octanol–water partition coefficient (Wildman–Crippen LogP) is 3.48. The highest BCUT2D eigenvalue weighted by Crippen LogP contribution is 2.34. The van der Waals surface area contributed by atoms with Crippen LogP contribution in [0.5, 0.6) is 0 Å². The van der Waals surface area contributed by atoms with Gasteiger partial charge in [0.05, 0.1) is 19.3 Å². The zero-order valence-corrected chi connectivity index (χ0v) is 18.9. The van der Waals surface area contributed by atoms with Crippen LogP contribution in [0.25, 0.3) is 0 Å². The molecule has 2 fully saturated rings. The molecule has 30 heavy (non-hydrogen) atoms. The second kappa shape index (κ2) is 13.6. The molecule has 2 aliphatic heterocycles. The highest BCUT2D eigenvalue weighted by atomic mass is 16.7. The fourth-order valence-corrected chi connectivity index (χ4v) is 4.27. The number of esters is 1. The first kappa shape index (κ1) is 25.5. The minimum absolute atomic E-state index is 0.0174. The van der Waals surface area contributed by atoms with E-state index >= 15 is 0 Å². The van der Waals surface area contributed by atoms with Crippen LogP contribution in [0.15, 0.2) is 0 Å². The van der Waals surface area contributed by atoms with E-state index < -0.39 is 30.7 Å². The molecule has 0 aromatic rings. The molecular formula is C23H42O7. The average Bonchev–Trinajstić information content (AvgIpc) is 2.97. The second-order valence-electron chi connectivity index (χ2n) is 8.74. The molecule has 2 saturated heterocycles. The monoisotopic (exact) mass is 430 g/mol. The van der Waals surface area contributed by atoms with E-state index in [0.29, 0.717) is 13.0 Å². The minimum atomic E-state index is -1.42. The lowest BCUT2D eigenvalue weighted by molar-refractivity contribution is -0.313. The van der Waals surface area contributed by atoms with Crippen molar-refractivity contribution in [1.29, 1.82) is 0 Å². The summed E-state index contributed by atoms with van der Waals surface area (Å²) in [5, 5.41) is 20.3. The van der Waals surface area contributed by atoms with Crippen molar-refractivity contribution in [1.82, 2.24) is 0 Å². The summed E-state index contributed by atoms with van der Waals surface area (Å²) in [6.45, 7) is 4.14. The van der Waals surface area contributed by atoms with Gasteiger partial charge < -0.3 is 29.2 Å². The lowest BCUT2D eigenvalue weighted by Crippen LogP contribution is -2.57. The number of aliphatic hydroxyl groups excluding tert-OH is 2. The number of carbonyl (C=O) groups excluding carboxylic acids is 1. The van der Waals surface area contributed by atoms with Crippen LogP contribution in [0.3, 0.4) is 0 Å². The lowest BCUT2D eigenvalue weighted by atomic mass is 10.0. The molecule has 7 heteroatoms. The second-order valence-corrected chi connectivity index (χ2v) is 8.74. The van der Waals surface area contributed by atoms with E-state index in [2.05, 4.69) is 6.92 Å². The number of aliphatic hydroxyl groups is 2. The van der Waals surface area contributed by atoms with Gasteiger partial charge in [-0.3, -0.25) is 4.79 Å². The molecule has 176 valence electrons. The third kappa shape index (κ3) is 7.75. The van der Waals surface area contributed by atoms with Gasteiger partial charge in [0.15, 0.2) is 12.2 Å². The summed E-state index contributed by atoms with van der Waals surface area (Å²) in [5.41, 5.74) is 0. The Balaban J connectivity index is 1.76. The predicted molar refractivity (Wildman–Crippen MR) is 113 cm³/mol. The van der Waals surface area contributed by atoms with Crippen molar-refractivity contribution < 1.29 is 34.0 Å². The van der Waals surface area contributed by atoms with Gasteiger partial charge in [-0.2, -0.15) is 0 Å². The molecule has 0 spiro atoms. The van der Waals surface area contributed by atoms with Gasteiger partial charge in [-0.15, -0.1) is 0 Å². The van der Waals surface area contributed by atoms with E-state index in [-0.39, 0.29) is 18.7 Å². The van der Waals surface area contributed by atoms with Crippen molar-refractivity contribution in [3.8, 4) is 0 Å². The van der Waals surface area contributed by atoms with Gasteiger partial charge in [0.25, 0.3) is 0 Å². The topological polar surface area (TPSA) is 94.5 Å². The van der Waals surface area contributed by atoms with Crippen LogP contribution in [-0.2, 0) is 23.7 Å². The number of hydrogen-bond acceptors (Lipinski definition) is 7. The molecular weight excluding hydrogens is 388 g/mol. The molecule has 0 aromatic carbocycles. The van der Waals surface area contributed by atoms with Crippen LogP contribution in [0, 0.1) is 0 Å². The number of rotatable bonds is 13. The van der Waals surface area contributed by atoms with Crippen LogP contribution in [0.4, 0.5) is 0 Å². The van der Waals surface area contributed by atoms with Gasteiger partial charge >= 0.3 is 5.97 Å². The third-order valence-corrected chi connectivity index (χ3v) is 6.03. The SMILES string of the molecule is CCCCCCCCCCCC(=O)O[C@@H]1[C@@H](O)CO[C@@H]1[C@@]1(CO)OCCCC(C)O1. The van der Waals surface area contributed by atoms with Crippen LogP contribution in [-0.4, -0.2) is 66.2 Å². The number of unbranched alkanes of at least 4 members (excludes halogenated alkanes) is 8. The molecule has 0 aliphatic carbocycles. The van der Waals surface area contributed by atoms with E-state index in [1.165, 1.54) is 38.5 Å². The lowest BCUT2D eigenvalue weighted by Gasteiger charge is -2.38. The number of hydrogen-bond donors (Lipinski definition) is 2. The van der Waals surface area contributed by atoms with Crippen LogP contribution in [0.2, 0.25) is 0 Å². The molecule has 2 heterocycles. The minimum Gasteiger partial charge on any atom is -0.456 e. The summed E-state index contributed by atoms with van der Waals surface area (Å²) in [7, 11) is 0. The molecule has 0 bridgehead atoms. The summed E-state index contributed by atoms with van der Waals surface area (Å²) in [4.78, 5) is 12.4. The first-order valence-electron chi connectivity index (χ1n) is 11.9. The summed E-state index contributed by atoms with van der Waals surface area (Å²) in [6.07, 6.45) is 9.65. The highest BCUT2D eigenvalue weighted by Gasteiger charge is 2.55. The Kier molecular flexibility index (Phi) is 11.6. The van der Waals surface area contributed by atoms with Gasteiger partial charge in [-0.1, -0.05) is 58.3 Å². The molecule has 0 amide bonds. The Morgan fingerprint density at radius 1 is 1.10 bits per heavy atom. The average molecular weight is 431 g/mol. The largest absolute Gasteiger partial charge is 0.456 e. The van der Waals surface area contributed by atoms with Crippen molar-refractivity contribution in [3.05, 3.63) is 0 Å². The molecule has 2 aliphatic rings. The van der Waals surface area contributed by atoms with E-state index in [1.54, 1.807) is 0 Å². The maximum atomic E-state index is 12.4. The Morgan fingerprint density at radius 3 is 2.43 bits per heavy atom. The summed E-state index contributed by atoms with van der Waals surface area (Å²) in [5.74, 6) is -1.77. The Bertz CT molecular complexity index is 486. The molecule has 2 N–H and O–H groups in total. The van der Waals surface area contributed by atoms with Crippen molar-refractivity contribution in [2.24, 2.45) is 0 Å². The molecule has 0 radical (unpaired) electrons. The Hall–Kier alpha value is -0.730. The standard InChI is InChI=1S/C23H42O7/c1-3-4-5-6-7-8-9-10-11-14-20(26)29-21-19(25)16-27-22(21)23(17-24)28-15-12-13-18(2)30-23/h18-19,21-22,24-25H,3-17H2,1-2H3/t18?,19-,21+,22-,23-/m0/s1. The quantitative estimate of drug-likeness (QED) is 0.341. The van der Waals surface area contributed by atoms with Crippen molar-refractivity contribution in [2.75, 3.05) is 19.8 Å². The molecule has 5 atom stereocenters. The first-order valence-corrected chi connectivity index (χ1v) is 11.9. The van der Waals surface area contributed by atoms with Gasteiger partial charge in [0.2, 0.25) is 5.79 Å². The first-order chi connectivity index (χ1) is 14.5. The van der Waals surface area contributed by atoms with Crippen LogP contribution in [0.1, 0.15) is 90.9 Å². The third-order valence-electron chi connectivity index (χ3n) is 6.03. The highest BCUT2D eigenvalue weighted by molar-refractivity contribution is 5.69. The van der Waals surface area contributed by atoms with Crippen molar-refractivity contribution in [2.45, 2.75) is 121 Å². The summed E-state index contributed by atoms with van der Waals surface area (Å²) in [6, 6.07) is 0. The van der Waals surface area contributed by atoms with Crippen LogP contribution >= 0.6 is 0 Å². The maximum absolute atomic E-state index is 12.4. The fraction of sp³-hybridized carbons (Fsp3) is 0.957. The van der Waals surface area contributed by atoms with E-state index in [0.717, 1.165) is 32.1 Å².